The Morgan fingerprint density at radius 3 is 2.65 bits per heavy atom. The molecule has 15 nitrogen and oxygen atoms in total. The van der Waals surface area contributed by atoms with Crippen molar-refractivity contribution in [2.75, 3.05) is 13.7 Å². The molecule has 17 heteroatoms. The smallest absolute Gasteiger partial charge is 0.405 e. The second-order valence-corrected chi connectivity index (χ2v) is 16.8. The third kappa shape index (κ3) is 8.14. The largest absolute Gasteiger partial charge is 0.488 e. The zero-order valence-electron chi connectivity index (χ0n) is 28.7. The molecule has 4 heterocycles. The van der Waals surface area contributed by atoms with Gasteiger partial charge in [-0.25, -0.2) is 23.2 Å². The maximum absolute atomic E-state index is 14.5. The summed E-state index contributed by atoms with van der Waals surface area (Å²) in [5, 5.41) is 16.9. The Hall–Kier alpha value is -4.25. The summed E-state index contributed by atoms with van der Waals surface area (Å²) in [5.41, 5.74) is -1.02. The van der Waals surface area contributed by atoms with Gasteiger partial charge >= 0.3 is 6.09 Å². The standard InChI is InChI=1S/C34H44N6O9S2/c1-4-20-13-19(2)7-5-6-8-21-17-34(21,32(43)39-51(46,47)24-9-10-24)38-29(41)26-15-23(18-40(26)31(42)28(20)37-33(44)45)49-22-14-25(30-35-11-12-50-30)36-27(16-22)48-3/h6,8,11-12,14,16,19-21,23-24,26,28,37H,4-5,7,9-10,13,15,17-18H2,1-3H3,(H,38,41)(H,39,43)(H,44,45)/t19-,20-,21-,23-,26+,28+,34-/m1/s1. The van der Waals surface area contributed by atoms with Crippen molar-refractivity contribution in [2.24, 2.45) is 17.8 Å². The van der Waals surface area contributed by atoms with E-state index in [2.05, 4.69) is 25.3 Å². The summed E-state index contributed by atoms with van der Waals surface area (Å²) >= 11 is 1.38. The van der Waals surface area contributed by atoms with Crippen LogP contribution in [0, 0.1) is 17.8 Å². The second-order valence-electron chi connectivity index (χ2n) is 13.9. The lowest BCUT2D eigenvalue weighted by molar-refractivity contribution is -0.142. The summed E-state index contributed by atoms with van der Waals surface area (Å²) in [6.07, 6.45) is 6.96. The topological polar surface area (TPSA) is 206 Å². The fraction of sp³-hybridized carbons (Fsp3) is 0.588. The van der Waals surface area contributed by atoms with Crippen LogP contribution in [-0.4, -0.2) is 94.8 Å². The van der Waals surface area contributed by atoms with Crippen molar-refractivity contribution < 1.29 is 42.2 Å². The molecule has 2 saturated carbocycles. The number of allylic oxidation sites excluding steroid dienone is 1. The highest BCUT2D eigenvalue weighted by atomic mass is 32.2. The van der Waals surface area contributed by atoms with E-state index in [1.165, 1.54) is 23.3 Å². The number of nitrogens with zero attached hydrogens (tertiary/aromatic N) is 3. The van der Waals surface area contributed by atoms with Gasteiger partial charge < -0.3 is 30.1 Å². The average Bonchev–Trinajstić information content (AvgIpc) is 3.95. The molecular formula is C34H44N6O9S2. The first kappa shape index (κ1) is 36.5. The number of methoxy groups -OCH3 is 1. The van der Waals surface area contributed by atoms with E-state index in [1.807, 2.05) is 31.4 Å². The number of aromatic nitrogens is 2. The van der Waals surface area contributed by atoms with Gasteiger partial charge in [0.2, 0.25) is 27.7 Å². The highest BCUT2D eigenvalue weighted by Gasteiger charge is 2.62. The summed E-state index contributed by atoms with van der Waals surface area (Å²) < 4.78 is 39.5. The molecule has 3 fully saturated rings. The van der Waals surface area contributed by atoms with Crippen molar-refractivity contribution in [1.29, 1.82) is 0 Å². The number of carbonyl (C=O) groups excluding carboxylic acids is 3. The molecule has 2 aliphatic heterocycles. The number of carbonyl (C=O) groups is 4. The number of hydrogen-bond donors (Lipinski definition) is 4. The minimum Gasteiger partial charge on any atom is -0.488 e. The molecule has 0 radical (unpaired) electrons. The number of thiazole rings is 1. The quantitative estimate of drug-likeness (QED) is 0.275. The summed E-state index contributed by atoms with van der Waals surface area (Å²) in [4.78, 5) is 64.6. The zero-order chi connectivity index (χ0) is 36.5. The van der Waals surface area contributed by atoms with Gasteiger partial charge in [-0.15, -0.1) is 11.3 Å². The van der Waals surface area contributed by atoms with E-state index < -0.39 is 68.7 Å². The molecule has 7 atom stereocenters. The predicted octanol–water partition coefficient (Wildman–Crippen LogP) is 3.08. The molecule has 0 aromatic carbocycles. The maximum atomic E-state index is 14.5. The maximum Gasteiger partial charge on any atom is 0.405 e. The van der Waals surface area contributed by atoms with Crippen LogP contribution in [0.2, 0.25) is 0 Å². The number of sulfonamides is 1. The van der Waals surface area contributed by atoms with Crippen LogP contribution in [0.5, 0.6) is 11.6 Å². The van der Waals surface area contributed by atoms with Gasteiger partial charge in [-0.3, -0.25) is 19.1 Å². The number of fused-ring (bicyclic) bond motifs is 2. The molecule has 4 amide bonds. The summed E-state index contributed by atoms with van der Waals surface area (Å²) in [6, 6.07) is 0.970. The fourth-order valence-corrected chi connectivity index (χ4v) is 9.12. The molecule has 1 saturated heterocycles. The molecule has 276 valence electrons. The van der Waals surface area contributed by atoms with Crippen molar-refractivity contribution in [3.05, 3.63) is 35.9 Å². The minimum absolute atomic E-state index is 0.0142. The molecule has 2 aromatic rings. The molecule has 2 aromatic heterocycles. The van der Waals surface area contributed by atoms with Gasteiger partial charge in [0.25, 0.3) is 5.91 Å². The van der Waals surface area contributed by atoms with Gasteiger partial charge in [0.1, 0.15) is 40.2 Å². The van der Waals surface area contributed by atoms with E-state index in [0.717, 1.165) is 6.42 Å². The normalized spacial score (nSPS) is 29.8. The Kier molecular flexibility index (Phi) is 10.6. The van der Waals surface area contributed by atoms with Crippen LogP contribution in [0.1, 0.15) is 65.2 Å². The molecule has 51 heavy (non-hydrogen) atoms. The van der Waals surface area contributed by atoms with Crippen molar-refractivity contribution in [1.82, 2.24) is 30.2 Å². The number of ether oxygens (including phenoxy) is 2. The van der Waals surface area contributed by atoms with E-state index in [9.17, 15) is 32.7 Å². The number of rotatable bonds is 9. The molecule has 6 rings (SSSR count). The van der Waals surface area contributed by atoms with Gasteiger partial charge in [0, 0.05) is 36.0 Å². The molecule has 0 unspecified atom stereocenters. The lowest BCUT2D eigenvalue weighted by atomic mass is 9.85. The van der Waals surface area contributed by atoms with Crippen LogP contribution in [-0.2, 0) is 24.4 Å². The third-order valence-corrected chi connectivity index (χ3v) is 12.8. The van der Waals surface area contributed by atoms with E-state index in [4.69, 9.17) is 9.47 Å². The zero-order valence-corrected chi connectivity index (χ0v) is 30.4. The number of carboxylic acid groups (broad SMARTS) is 1. The summed E-state index contributed by atoms with van der Waals surface area (Å²) in [6.45, 7) is 3.89. The highest BCUT2D eigenvalue weighted by molar-refractivity contribution is 7.91. The molecule has 4 N–H and O–H groups in total. The Balaban J connectivity index is 1.34. The number of amides is 4. The summed E-state index contributed by atoms with van der Waals surface area (Å²) in [5.74, 6) is -2.09. The number of hydrogen-bond acceptors (Lipinski definition) is 11. The van der Waals surface area contributed by atoms with Gasteiger partial charge in [0.05, 0.1) is 18.9 Å². The Morgan fingerprint density at radius 2 is 1.98 bits per heavy atom. The van der Waals surface area contributed by atoms with E-state index in [1.54, 1.807) is 18.3 Å². The Labute approximate surface area is 300 Å². The van der Waals surface area contributed by atoms with Crippen LogP contribution >= 0.6 is 11.3 Å². The van der Waals surface area contributed by atoms with Crippen LogP contribution in [0.4, 0.5) is 4.79 Å². The highest BCUT2D eigenvalue weighted by Crippen LogP contribution is 2.46. The third-order valence-electron chi connectivity index (χ3n) is 10.2. The van der Waals surface area contributed by atoms with Crippen molar-refractivity contribution >= 4 is 45.2 Å². The average molecular weight is 745 g/mol. The van der Waals surface area contributed by atoms with Gasteiger partial charge in [-0.1, -0.05) is 32.4 Å². The lowest BCUT2D eigenvalue weighted by Crippen LogP contribution is -2.59. The van der Waals surface area contributed by atoms with Crippen molar-refractivity contribution in [3.8, 4) is 22.3 Å². The molecule has 4 aliphatic rings. The molecule has 0 bridgehead atoms. The lowest BCUT2D eigenvalue weighted by Gasteiger charge is -2.33. The number of pyridine rings is 1. The monoisotopic (exact) mass is 744 g/mol. The summed E-state index contributed by atoms with van der Waals surface area (Å²) in [7, 11) is -2.44. The van der Waals surface area contributed by atoms with Gasteiger partial charge in [-0.05, 0) is 50.4 Å². The van der Waals surface area contributed by atoms with E-state index in [0.29, 0.717) is 48.6 Å². The molecule has 0 spiro atoms. The minimum atomic E-state index is -3.90. The Morgan fingerprint density at radius 1 is 1.20 bits per heavy atom. The van der Waals surface area contributed by atoms with Crippen molar-refractivity contribution in [2.45, 2.75) is 94.2 Å². The van der Waals surface area contributed by atoms with Crippen LogP contribution in [0.15, 0.2) is 35.9 Å². The Bertz CT molecular complexity index is 1780. The first-order valence-corrected chi connectivity index (χ1v) is 19.7. The van der Waals surface area contributed by atoms with Crippen LogP contribution in [0.3, 0.4) is 0 Å². The van der Waals surface area contributed by atoms with E-state index in [-0.39, 0.29) is 37.1 Å². The fourth-order valence-electron chi connectivity index (χ4n) is 7.16. The molecule has 2 aliphatic carbocycles. The van der Waals surface area contributed by atoms with Crippen LogP contribution < -0.4 is 24.8 Å². The number of nitrogens with one attached hydrogen (secondary N) is 3. The second kappa shape index (κ2) is 14.8. The van der Waals surface area contributed by atoms with Gasteiger partial charge in [0.15, 0.2) is 0 Å². The van der Waals surface area contributed by atoms with E-state index >= 15 is 0 Å². The SMILES string of the molecule is CC[C@@H]1C[C@H](C)CCC=C[C@@H]2C[C@@]2(C(=O)NS(=O)(=O)C2CC2)NC(=O)[C@@H]2C[C@@H](Oc3cc(OC)nc(-c4nccs4)c3)CN2C(=O)[C@H]1NC(=O)O. The first-order valence-electron chi connectivity index (χ1n) is 17.3. The van der Waals surface area contributed by atoms with Crippen molar-refractivity contribution in [3.63, 3.8) is 0 Å². The predicted molar refractivity (Wildman–Crippen MR) is 186 cm³/mol. The van der Waals surface area contributed by atoms with Gasteiger partial charge in [-0.2, -0.15) is 0 Å². The molecular weight excluding hydrogens is 701 g/mol. The van der Waals surface area contributed by atoms with Crippen LogP contribution in [0.25, 0.3) is 10.7 Å². The first-order chi connectivity index (χ1) is 24.3.